The van der Waals surface area contributed by atoms with E-state index in [0.717, 1.165) is 5.56 Å². The van der Waals surface area contributed by atoms with Crippen molar-refractivity contribution in [2.24, 2.45) is 0 Å². The van der Waals surface area contributed by atoms with Crippen molar-refractivity contribution in [3.63, 3.8) is 0 Å². The van der Waals surface area contributed by atoms with Gasteiger partial charge in [-0.15, -0.1) is 0 Å². The van der Waals surface area contributed by atoms with Gasteiger partial charge in [0.25, 0.3) is 0 Å². The maximum Gasteiger partial charge on any atom is 0.211 e. The maximum absolute atomic E-state index is 11.3. The molecule has 6 heteroatoms. The molecule has 5 nitrogen and oxygen atoms in total. The first kappa shape index (κ1) is 12.8. The van der Waals surface area contributed by atoms with Crippen LogP contribution in [0.1, 0.15) is 12.5 Å². The molecule has 0 aliphatic carbocycles. The highest BCUT2D eigenvalue weighted by molar-refractivity contribution is 7.89. The molecule has 90 valence electrons. The minimum Gasteiger partial charge on any atom is -0.496 e. The molecular formula is C10H16N2O3S. The molecule has 0 aliphatic rings. The van der Waals surface area contributed by atoms with Crippen LogP contribution in [0.15, 0.2) is 18.2 Å². The third kappa shape index (κ3) is 3.39. The van der Waals surface area contributed by atoms with Crippen LogP contribution in [0, 0.1) is 0 Å². The number of ether oxygens (including phenoxy) is 1. The average Bonchev–Trinajstić information content (AvgIpc) is 2.27. The van der Waals surface area contributed by atoms with E-state index in [0.29, 0.717) is 11.4 Å². The Bertz CT molecular complexity index is 457. The molecule has 0 unspecified atom stereocenters. The standard InChI is InChI=1S/C10H16N2O3S/c1-3-16(13,14)12-7-8-6-9(11)4-5-10(8)15-2/h4-6,12H,3,7,11H2,1-2H3. The number of nitrogens with two attached hydrogens (primary N) is 1. The SMILES string of the molecule is CCS(=O)(=O)NCc1cc(N)ccc1OC. The topological polar surface area (TPSA) is 81.4 Å². The molecule has 0 radical (unpaired) electrons. The Labute approximate surface area is 95.7 Å². The largest absolute Gasteiger partial charge is 0.496 e. The lowest BCUT2D eigenvalue weighted by molar-refractivity contribution is 0.409. The zero-order chi connectivity index (χ0) is 12.2. The lowest BCUT2D eigenvalue weighted by Crippen LogP contribution is -2.24. The van der Waals surface area contributed by atoms with E-state index in [-0.39, 0.29) is 12.3 Å². The number of nitrogens with one attached hydrogen (secondary N) is 1. The van der Waals surface area contributed by atoms with Gasteiger partial charge in [-0.2, -0.15) is 0 Å². The number of hydrogen-bond donors (Lipinski definition) is 2. The molecule has 16 heavy (non-hydrogen) atoms. The molecule has 0 saturated heterocycles. The third-order valence-electron chi connectivity index (χ3n) is 2.17. The molecule has 0 fully saturated rings. The monoisotopic (exact) mass is 244 g/mol. The number of nitrogen functional groups attached to an aromatic ring is 1. The summed E-state index contributed by atoms with van der Waals surface area (Å²) in [4.78, 5) is 0. The van der Waals surface area contributed by atoms with Gasteiger partial charge in [-0.3, -0.25) is 0 Å². The predicted molar refractivity (Wildman–Crippen MR) is 63.7 cm³/mol. The summed E-state index contributed by atoms with van der Waals surface area (Å²) in [5.41, 5.74) is 6.92. The zero-order valence-corrected chi connectivity index (χ0v) is 10.2. The summed E-state index contributed by atoms with van der Waals surface area (Å²) in [7, 11) is -1.67. The van der Waals surface area contributed by atoms with Crippen LogP contribution >= 0.6 is 0 Å². The van der Waals surface area contributed by atoms with Crippen molar-refractivity contribution in [2.75, 3.05) is 18.6 Å². The number of hydrogen-bond acceptors (Lipinski definition) is 4. The van der Waals surface area contributed by atoms with E-state index in [9.17, 15) is 8.42 Å². The van der Waals surface area contributed by atoms with E-state index in [2.05, 4.69) is 4.72 Å². The van der Waals surface area contributed by atoms with Crippen molar-refractivity contribution in [2.45, 2.75) is 13.5 Å². The number of rotatable bonds is 5. The second kappa shape index (κ2) is 5.18. The van der Waals surface area contributed by atoms with Gasteiger partial charge in [0.2, 0.25) is 10.0 Å². The predicted octanol–water partition coefficient (Wildman–Crippen LogP) is 0.717. The second-order valence-corrected chi connectivity index (χ2v) is 5.39. The van der Waals surface area contributed by atoms with Crippen LogP contribution in [0.3, 0.4) is 0 Å². The van der Waals surface area contributed by atoms with Gasteiger partial charge in [0.05, 0.1) is 12.9 Å². The molecule has 0 aromatic heterocycles. The Morgan fingerprint density at radius 3 is 2.69 bits per heavy atom. The fourth-order valence-electron chi connectivity index (χ4n) is 1.23. The average molecular weight is 244 g/mol. The van der Waals surface area contributed by atoms with Crippen molar-refractivity contribution in [3.05, 3.63) is 23.8 Å². The highest BCUT2D eigenvalue weighted by Gasteiger charge is 2.09. The number of anilines is 1. The molecule has 1 rings (SSSR count). The maximum atomic E-state index is 11.3. The molecule has 0 spiro atoms. The van der Waals surface area contributed by atoms with E-state index >= 15 is 0 Å². The summed E-state index contributed by atoms with van der Waals surface area (Å²) in [5, 5.41) is 0. The van der Waals surface area contributed by atoms with Gasteiger partial charge in [0.1, 0.15) is 5.75 Å². The summed E-state index contributed by atoms with van der Waals surface area (Å²) in [5.74, 6) is 0.672. The smallest absolute Gasteiger partial charge is 0.211 e. The van der Waals surface area contributed by atoms with E-state index < -0.39 is 10.0 Å². The van der Waals surface area contributed by atoms with Crippen LogP contribution in [0.2, 0.25) is 0 Å². The fourth-order valence-corrected chi connectivity index (χ4v) is 1.81. The summed E-state index contributed by atoms with van der Waals surface area (Å²) >= 11 is 0. The van der Waals surface area contributed by atoms with E-state index in [4.69, 9.17) is 10.5 Å². The molecule has 3 N–H and O–H groups in total. The molecule has 1 aromatic rings. The number of benzene rings is 1. The van der Waals surface area contributed by atoms with Crippen LogP contribution in [-0.2, 0) is 16.6 Å². The summed E-state index contributed by atoms with van der Waals surface area (Å²) in [6.45, 7) is 1.77. The van der Waals surface area contributed by atoms with Gasteiger partial charge >= 0.3 is 0 Å². The van der Waals surface area contributed by atoms with E-state index in [1.165, 1.54) is 7.11 Å². The van der Waals surface area contributed by atoms with Crippen LogP contribution in [0.4, 0.5) is 5.69 Å². The fraction of sp³-hybridized carbons (Fsp3) is 0.400. The van der Waals surface area contributed by atoms with E-state index in [1.54, 1.807) is 25.1 Å². The third-order valence-corrected chi connectivity index (χ3v) is 3.51. The molecule has 0 heterocycles. The Kier molecular flexibility index (Phi) is 4.14. The summed E-state index contributed by atoms with van der Waals surface area (Å²) in [6.07, 6.45) is 0. The summed E-state index contributed by atoms with van der Waals surface area (Å²) < 4.78 is 30.1. The molecule has 0 amide bonds. The quantitative estimate of drug-likeness (QED) is 0.748. The van der Waals surface area contributed by atoms with Crippen LogP contribution in [0.5, 0.6) is 5.75 Å². The second-order valence-electron chi connectivity index (χ2n) is 3.30. The lowest BCUT2D eigenvalue weighted by atomic mass is 10.2. The molecular weight excluding hydrogens is 228 g/mol. The molecule has 0 atom stereocenters. The van der Waals surface area contributed by atoms with Gasteiger partial charge in [-0.25, -0.2) is 13.1 Å². The number of sulfonamides is 1. The Morgan fingerprint density at radius 2 is 2.12 bits per heavy atom. The van der Waals surface area contributed by atoms with Crippen LogP contribution in [0.25, 0.3) is 0 Å². The van der Waals surface area contributed by atoms with Gasteiger partial charge in [0.15, 0.2) is 0 Å². The first-order valence-corrected chi connectivity index (χ1v) is 6.53. The highest BCUT2D eigenvalue weighted by Crippen LogP contribution is 2.20. The van der Waals surface area contributed by atoms with Crippen molar-refractivity contribution in [1.82, 2.24) is 4.72 Å². The minimum absolute atomic E-state index is 0.0532. The van der Waals surface area contributed by atoms with Gasteiger partial charge in [-0.05, 0) is 25.1 Å². The van der Waals surface area contributed by atoms with Gasteiger partial charge in [0, 0.05) is 17.8 Å². The molecule has 1 aromatic carbocycles. The van der Waals surface area contributed by atoms with E-state index in [1.807, 2.05) is 0 Å². The minimum atomic E-state index is -3.20. The first-order valence-electron chi connectivity index (χ1n) is 4.88. The molecule has 0 saturated carbocycles. The van der Waals surface area contributed by atoms with Gasteiger partial charge < -0.3 is 10.5 Å². The van der Waals surface area contributed by atoms with Gasteiger partial charge in [-0.1, -0.05) is 0 Å². The normalized spacial score (nSPS) is 11.4. The Morgan fingerprint density at radius 1 is 1.44 bits per heavy atom. The highest BCUT2D eigenvalue weighted by atomic mass is 32.2. The van der Waals surface area contributed by atoms with Crippen molar-refractivity contribution >= 4 is 15.7 Å². The van der Waals surface area contributed by atoms with Crippen molar-refractivity contribution in [1.29, 1.82) is 0 Å². The van der Waals surface area contributed by atoms with Crippen molar-refractivity contribution in [3.8, 4) is 5.75 Å². The van der Waals surface area contributed by atoms with Crippen molar-refractivity contribution < 1.29 is 13.2 Å². The lowest BCUT2D eigenvalue weighted by Gasteiger charge is -2.10. The zero-order valence-electron chi connectivity index (χ0n) is 9.36. The van der Waals surface area contributed by atoms with Crippen LogP contribution < -0.4 is 15.2 Å². The Hall–Kier alpha value is -1.27. The Balaban J connectivity index is 2.84. The summed E-state index contributed by atoms with van der Waals surface area (Å²) in [6, 6.07) is 5.11. The molecule has 0 bridgehead atoms. The molecule has 0 aliphatic heterocycles. The van der Waals surface area contributed by atoms with Crippen LogP contribution in [-0.4, -0.2) is 21.3 Å². The first-order chi connectivity index (χ1) is 7.48. The number of methoxy groups -OCH3 is 1.